The molecule has 1 N–H and O–H groups in total. The highest BCUT2D eigenvalue weighted by Crippen LogP contribution is 2.17. The zero-order valence-electron chi connectivity index (χ0n) is 9.59. The zero-order valence-corrected chi connectivity index (χ0v) is 11.2. The fourth-order valence-electron chi connectivity index (χ4n) is 1.34. The summed E-state index contributed by atoms with van der Waals surface area (Å²) in [5, 5.41) is 6.55. The summed E-state index contributed by atoms with van der Waals surface area (Å²) in [6.45, 7) is 7.29. The third-order valence-corrected chi connectivity index (χ3v) is 3.30. The van der Waals surface area contributed by atoms with Crippen LogP contribution in [0.25, 0.3) is 0 Å². The number of halogens is 1. The van der Waals surface area contributed by atoms with E-state index in [0.717, 1.165) is 30.2 Å². The Morgan fingerprint density at radius 2 is 2.27 bits per heavy atom. The van der Waals surface area contributed by atoms with Gasteiger partial charge in [-0.25, -0.2) is 4.98 Å². The molecular formula is C11H19ClN2S. The minimum absolute atomic E-state index is 0.193. The predicted octanol–water partition coefficient (Wildman–Crippen LogP) is 3.77. The van der Waals surface area contributed by atoms with Crippen molar-refractivity contribution >= 4 is 28.1 Å². The highest BCUT2D eigenvalue weighted by molar-refractivity contribution is 7.13. The molecule has 0 aromatic carbocycles. The summed E-state index contributed by atoms with van der Waals surface area (Å²) >= 11 is 7.83. The lowest BCUT2D eigenvalue weighted by molar-refractivity contribution is 0.572. The first kappa shape index (κ1) is 12.8. The first-order chi connectivity index (χ1) is 7.11. The molecule has 0 aliphatic carbocycles. The molecule has 0 aliphatic heterocycles. The first-order valence-corrected chi connectivity index (χ1v) is 6.75. The Kier molecular flexibility index (Phi) is 5.40. The predicted molar refractivity (Wildman–Crippen MR) is 69.1 cm³/mol. The van der Waals surface area contributed by atoms with E-state index in [2.05, 4.69) is 36.5 Å². The maximum absolute atomic E-state index is 6.18. The largest absolute Gasteiger partial charge is 0.360 e. The summed E-state index contributed by atoms with van der Waals surface area (Å²) < 4.78 is 0. The van der Waals surface area contributed by atoms with Crippen LogP contribution in [0.4, 0.5) is 5.13 Å². The van der Waals surface area contributed by atoms with Crippen molar-refractivity contribution in [2.45, 2.75) is 39.0 Å². The smallest absolute Gasteiger partial charge is 0.182 e. The van der Waals surface area contributed by atoms with Crippen LogP contribution in [0.15, 0.2) is 5.38 Å². The molecule has 0 saturated heterocycles. The van der Waals surface area contributed by atoms with Crippen LogP contribution < -0.4 is 5.32 Å². The van der Waals surface area contributed by atoms with Crippen LogP contribution in [0.3, 0.4) is 0 Å². The second kappa shape index (κ2) is 6.33. The molecule has 15 heavy (non-hydrogen) atoms. The maximum Gasteiger partial charge on any atom is 0.182 e. The molecule has 0 amide bonds. The lowest BCUT2D eigenvalue weighted by Gasteiger charge is -2.11. The summed E-state index contributed by atoms with van der Waals surface area (Å²) in [5.41, 5.74) is 1.15. The number of anilines is 1. The van der Waals surface area contributed by atoms with Gasteiger partial charge in [-0.15, -0.1) is 22.9 Å². The van der Waals surface area contributed by atoms with Crippen molar-refractivity contribution in [1.29, 1.82) is 0 Å². The monoisotopic (exact) mass is 246 g/mol. The van der Waals surface area contributed by atoms with E-state index in [1.807, 2.05) is 0 Å². The van der Waals surface area contributed by atoms with E-state index in [1.54, 1.807) is 11.3 Å². The number of rotatable bonds is 6. The van der Waals surface area contributed by atoms with E-state index >= 15 is 0 Å². The van der Waals surface area contributed by atoms with Crippen LogP contribution in [-0.2, 0) is 6.42 Å². The molecule has 0 fully saturated rings. The fourth-order valence-corrected chi connectivity index (χ4v) is 2.58. The van der Waals surface area contributed by atoms with Crippen molar-refractivity contribution in [1.82, 2.24) is 4.98 Å². The number of hydrogen-bond donors (Lipinski definition) is 1. The number of thiazole rings is 1. The van der Waals surface area contributed by atoms with Gasteiger partial charge in [-0.3, -0.25) is 0 Å². The number of aryl methyl sites for hydroxylation is 1. The number of alkyl halides is 1. The molecule has 0 radical (unpaired) electrons. The summed E-state index contributed by atoms with van der Waals surface area (Å²) in [4.78, 5) is 4.43. The van der Waals surface area contributed by atoms with Crippen molar-refractivity contribution in [3.05, 3.63) is 11.1 Å². The van der Waals surface area contributed by atoms with E-state index in [9.17, 15) is 0 Å². The lowest BCUT2D eigenvalue weighted by atomic mass is 10.1. The maximum atomic E-state index is 6.18. The van der Waals surface area contributed by atoms with Crippen molar-refractivity contribution in [3.63, 3.8) is 0 Å². The van der Waals surface area contributed by atoms with Gasteiger partial charge in [0.2, 0.25) is 0 Å². The molecule has 0 bridgehead atoms. The van der Waals surface area contributed by atoms with Crippen LogP contribution >= 0.6 is 22.9 Å². The minimum atomic E-state index is 0.193. The van der Waals surface area contributed by atoms with Gasteiger partial charge >= 0.3 is 0 Å². The number of nitrogens with one attached hydrogen (secondary N) is 1. The number of aromatic nitrogens is 1. The third kappa shape index (κ3) is 4.85. The molecule has 1 atom stereocenters. The zero-order chi connectivity index (χ0) is 11.3. The first-order valence-electron chi connectivity index (χ1n) is 5.44. The molecule has 2 nitrogen and oxygen atoms in total. The molecule has 1 aromatic heterocycles. The van der Waals surface area contributed by atoms with Crippen molar-refractivity contribution < 1.29 is 0 Å². The highest BCUT2D eigenvalue weighted by Gasteiger charge is 2.08. The van der Waals surface area contributed by atoms with Gasteiger partial charge in [0.05, 0.1) is 11.1 Å². The van der Waals surface area contributed by atoms with Crippen molar-refractivity contribution in [2.24, 2.45) is 5.92 Å². The van der Waals surface area contributed by atoms with E-state index in [4.69, 9.17) is 11.6 Å². The molecule has 0 aliphatic rings. The van der Waals surface area contributed by atoms with E-state index in [1.165, 1.54) is 0 Å². The summed E-state index contributed by atoms with van der Waals surface area (Å²) in [6.07, 6.45) is 2.04. The summed E-state index contributed by atoms with van der Waals surface area (Å²) in [5.74, 6) is 0.650. The van der Waals surface area contributed by atoms with E-state index in [-0.39, 0.29) is 5.38 Å². The summed E-state index contributed by atoms with van der Waals surface area (Å²) in [6, 6.07) is 0. The summed E-state index contributed by atoms with van der Waals surface area (Å²) in [7, 11) is 0. The van der Waals surface area contributed by atoms with Gasteiger partial charge in [-0.2, -0.15) is 0 Å². The number of nitrogens with zero attached hydrogens (tertiary/aromatic N) is 1. The van der Waals surface area contributed by atoms with Gasteiger partial charge in [0.1, 0.15) is 0 Å². The SMILES string of the molecule is CCc1csc(NCC(Cl)CC(C)C)n1. The Morgan fingerprint density at radius 3 is 2.80 bits per heavy atom. The van der Waals surface area contributed by atoms with Gasteiger partial charge in [0.25, 0.3) is 0 Å². The van der Waals surface area contributed by atoms with Gasteiger partial charge in [-0.1, -0.05) is 20.8 Å². The Bertz CT molecular complexity index is 286. The molecule has 86 valence electrons. The average molecular weight is 247 g/mol. The van der Waals surface area contributed by atoms with Gasteiger partial charge in [-0.05, 0) is 18.8 Å². The Labute approximate surface area is 101 Å². The normalized spacial score (nSPS) is 13.1. The van der Waals surface area contributed by atoms with Crippen LogP contribution in [0, 0.1) is 5.92 Å². The molecule has 1 rings (SSSR count). The van der Waals surface area contributed by atoms with Crippen molar-refractivity contribution in [2.75, 3.05) is 11.9 Å². The van der Waals surface area contributed by atoms with E-state index < -0.39 is 0 Å². The topological polar surface area (TPSA) is 24.9 Å². The Hall–Kier alpha value is -0.280. The Balaban J connectivity index is 2.30. The molecule has 0 spiro atoms. The van der Waals surface area contributed by atoms with Gasteiger partial charge in [0, 0.05) is 11.9 Å². The molecule has 4 heteroatoms. The van der Waals surface area contributed by atoms with Crippen molar-refractivity contribution in [3.8, 4) is 0 Å². The quantitative estimate of drug-likeness (QED) is 0.773. The fraction of sp³-hybridized carbons (Fsp3) is 0.727. The third-order valence-electron chi connectivity index (χ3n) is 2.12. The van der Waals surface area contributed by atoms with Crippen LogP contribution in [0.1, 0.15) is 32.9 Å². The average Bonchev–Trinajstić information content (AvgIpc) is 2.61. The van der Waals surface area contributed by atoms with Crippen LogP contribution in [-0.4, -0.2) is 16.9 Å². The molecular weight excluding hydrogens is 228 g/mol. The van der Waals surface area contributed by atoms with E-state index in [0.29, 0.717) is 5.92 Å². The number of hydrogen-bond acceptors (Lipinski definition) is 3. The van der Waals surface area contributed by atoms with Crippen LogP contribution in [0.2, 0.25) is 0 Å². The van der Waals surface area contributed by atoms with Gasteiger partial charge < -0.3 is 5.32 Å². The Morgan fingerprint density at radius 1 is 1.53 bits per heavy atom. The standard InChI is InChI=1S/C11H19ClN2S/c1-4-10-7-15-11(14-10)13-6-9(12)5-8(2)3/h7-9H,4-6H2,1-3H3,(H,13,14). The highest BCUT2D eigenvalue weighted by atomic mass is 35.5. The second-order valence-electron chi connectivity index (χ2n) is 4.11. The molecule has 1 aromatic rings. The second-order valence-corrected chi connectivity index (χ2v) is 5.58. The lowest BCUT2D eigenvalue weighted by Crippen LogP contribution is -2.16. The van der Waals surface area contributed by atoms with Gasteiger partial charge in [0.15, 0.2) is 5.13 Å². The molecule has 1 heterocycles. The minimum Gasteiger partial charge on any atom is -0.360 e. The molecule has 1 unspecified atom stereocenters. The van der Waals surface area contributed by atoms with Crippen LogP contribution in [0.5, 0.6) is 0 Å². The molecule has 0 saturated carbocycles.